The number of carbonyl (C=O) groups is 2. The lowest BCUT2D eigenvalue weighted by Gasteiger charge is -2.31. The van der Waals surface area contributed by atoms with Gasteiger partial charge in [-0.05, 0) is 13.3 Å². The molecular weight excluding hydrogens is 260 g/mol. The summed E-state index contributed by atoms with van der Waals surface area (Å²) in [6.07, 6.45) is 6.40. The summed E-state index contributed by atoms with van der Waals surface area (Å²) < 4.78 is 5.23. The van der Waals surface area contributed by atoms with Gasteiger partial charge in [-0.25, -0.2) is 4.79 Å². The van der Waals surface area contributed by atoms with Crippen LogP contribution in [-0.4, -0.2) is 53.8 Å². The number of urea groups is 1. The average molecular weight is 282 g/mol. The summed E-state index contributed by atoms with van der Waals surface area (Å²) in [5, 5.41) is 12.0. The summed E-state index contributed by atoms with van der Waals surface area (Å²) in [5.74, 6) is 0.885. The highest BCUT2D eigenvalue weighted by Gasteiger charge is 2.39. The van der Waals surface area contributed by atoms with Crippen molar-refractivity contribution in [2.24, 2.45) is 5.92 Å². The fraction of sp³-hybridized carbons (Fsp3) is 0.714. The van der Waals surface area contributed by atoms with Gasteiger partial charge in [0.05, 0.1) is 19.3 Å². The summed E-state index contributed by atoms with van der Waals surface area (Å²) >= 11 is 0. The molecule has 0 saturated carbocycles. The Morgan fingerprint density at radius 3 is 2.80 bits per heavy atom. The van der Waals surface area contributed by atoms with Crippen molar-refractivity contribution in [2.75, 3.05) is 19.8 Å². The number of terminal acetylenes is 1. The minimum atomic E-state index is -0.932. The minimum absolute atomic E-state index is 0.141. The second-order valence-corrected chi connectivity index (χ2v) is 5.00. The van der Waals surface area contributed by atoms with Gasteiger partial charge in [0.15, 0.2) is 0 Å². The lowest BCUT2D eigenvalue weighted by Crippen LogP contribution is -2.52. The zero-order valence-corrected chi connectivity index (χ0v) is 12.0. The van der Waals surface area contributed by atoms with Crippen molar-refractivity contribution in [3.8, 4) is 12.3 Å². The minimum Gasteiger partial charge on any atom is -0.481 e. The number of carboxylic acids is 1. The standard InChI is InChI=1S/C14H22N2O4/c1-4-6-10(3)15-14(19)16(7-5-2)12-9-20-8-11(12)13(17)18/h1,10-12H,5-9H2,2-3H3,(H,15,19)(H,17,18). The summed E-state index contributed by atoms with van der Waals surface area (Å²) in [5.41, 5.74) is 0. The molecule has 1 rings (SSSR count). The molecule has 3 unspecified atom stereocenters. The van der Waals surface area contributed by atoms with Crippen molar-refractivity contribution >= 4 is 12.0 Å². The van der Waals surface area contributed by atoms with Crippen LogP contribution in [0.25, 0.3) is 0 Å². The fourth-order valence-corrected chi connectivity index (χ4v) is 2.27. The molecule has 0 radical (unpaired) electrons. The smallest absolute Gasteiger partial charge is 0.317 e. The molecule has 6 heteroatoms. The SMILES string of the molecule is C#CCC(C)NC(=O)N(CCC)C1COCC1C(=O)O. The zero-order valence-electron chi connectivity index (χ0n) is 12.0. The van der Waals surface area contributed by atoms with E-state index in [9.17, 15) is 14.7 Å². The Labute approximate surface area is 119 Å². The number of carbonyl (C=O) groups excluding carboxylic acids is 1. The molecule has 0 spiro atoms. The van der Waals surface area contributed by atoms with Gasteiger partial charge in [0.2, 0.25) is 0 Å². The molecule has 3 atom stereocenters. The van der Waals surface area contributed by atoms with Crippen molar-refractivity contribution < 1.29 is 19.4 Å². The average Bonchev–Trinajstić information content (AvgIpc) is 2.84. The van der Waals surface area contributed by atoms with Gasteiger partial charge < -0.3 is 20.1 Å². The Morgan fingerprint density at radius 2 is 2.25 bits per heavy atom. The first kappa shape index (κ1) is 16.3. The first-order valence-corrected chi connectivity index (χ1v) is 6.82. The Morgan fingerprint density at radius 1 is 1.55 bits per heavy atom. The van der Waals surface area contributed by atoms with Gasteiger partial charge in [-0.2, -0.15) is 0 Å². The molecule has 0 bridgehead atoms. The molecule has 112 valence electrons. The zero-order chi connectivity index (χ0) is 15.1. The van der Waals surface area contributed by atoms with Gasteiger partial charge in [0.25, 0.3) is 0 Å². The van der Waals surface area contributed by atoms with E-state index in [1.807, 2.05) is 13.8 Å². The molecular formula is C14H22N2O4. The predicted octanol–water partition coefficient (Wildman–Crippen LogP) is 0.919. The fourth-order valence-electron chi connectivity index (χ4n) is 2.27. The summed E-state index contributed by atoms with van der Waals surface area (Å²) in [6.45, 7) is 4.66. The summed E-state index contributed by atoms with van der Waals surface area (Å²) in [7, 11) is 0. The molecule has 1 saturated heterocycles. The highest BCUT2D eigenvalue weighted by molar-refractivity contribution is 5.77. The van der Waals surface area contributed by atoms with E-state index in [1.165, 1.54) is 0 Å². The second-order valence-electron chi connectivity index (χ2n) is 5.00. The van der Waals surface area contributed by atoms with E-state index in [-0.39, 0.29) is 25.3 Å². The van der Waals surface area contributed by atoms with E-state index in [1.54, 1.807) is 4.90 Å². The van der Waals surface area contributed by atoms with Gasteiger partial charge in [0, 0.05) is 19.0 Å². The van der Waals surface area contributed by atoms with Gasteiger partial charge in [0.1, 0.15) is 5.92 Å². The summed E-state index contributed by atoms with van der Waals surface area (Å²) in [6, 6.07) is -0.848. The number of ether oxygens (including phenoxy) is 1. The number of nitrogens with one attached hydrogen (secondary N) is 1. The maximum absolute atomic E-state index is 12.3. The monoisotopic (exact) mass is 282 g/mol. The van der Waals surface area contributed by atoms with Crippen LogP contribution in [0, 0.1) is 18.3 Å². The first-order valence-electron chi connectivity index (χ1n) is 6.82. The highest BCUT2D eigenvalue weighted by atomic mass is 16.5. The van der Waals surface area contributed by atoms with Crippen molar-refractivity contribution in [1.29, 1.82) is 0 Å². The number of rotatable bonds is 6. The van der Waals surface area contributed by atoms with E-state index < -0.39 is 17.9 Å². The molecule has 2 amide bonds. The van der Waals surface area contributed by atoms with Crippen LogP contribution < -0.4 is 5.32 Å². The predicted molar refractivity (Wildman–Crippen MR) is 74.2 cm³/mol. The van der Waals surface area contributed by atoms with Gasteiger partial charge >= 0.3 is 12.0 Å². The number of hydrogen-bond acceptors (Lipinski definition) is 3. The van der Waals surface area contributed by atoms with Crippen LogP contribution >= 0.6 is 0 Å². The molecule has 20 heavy (non-hydrogen) atoms. The van der Waals surface area contributed by atoms with Crippen LogP contribution in [0.2, 0.25) is 0 Å². The van der Waals surface area contributed by atoms with Crippen LogP contribution in [0.5, 0.6) is 0 Å². The van der Waals surface area contributed by atoms with Crippen molar-refractivity contribution in [3.63, 3.8) is 0 Å². The van der Waals surface area contributed by atoms with E-state index in [4.69, 9.17) is 11.2 Å². The van der Waals surface area contributed by atoms with Crippen LogP contribution in [0.3, 0.4) is 0 Å². The Balaban J connectivity index is 2.75. The van der Waals surface area contributed by atoms with Crippen LogP contribution in [0.15, 0.2) is 0 Å². The van der Waals surface area contributed by atoms with E-state index in [2.05, 4.69) is 11.2 Å². The normalized spacial score (nSPS) is 22.9. The molecule has 0 aromatic heterocycles. The second kappa shape index (κ2) is 7.75. The van der Waals surface area contributed by atoms with Crippen molar-refractivity contribution in [1.82, 2.24) is 10.2 Å². The maximum atomic E-state index is 12.3. The van der Waals surface area contributed by atoms with E-state index >= 15 is 0 Å². The number of amides is 2. The highest BCUT2D eigenvalue weighted by Crippen LogP contribution is 2.20. The first-order chi connectivity index (χ1) is 9.51. The van der Waals surface area contributed by atoms with Crippen molar-refractivity contribution in [3.05, 3.63) is 0 Å². The molecule has 1 fully saturated rings. The van der Waals surface area contributed by atoms with Crippen molar-refractivity contribution in [2.45, 2.75) is 38.8 Å². The topological polar surface area (TPSA) is 78.9 Å². The molecule has 1 heterocycles. The molecule has 0 aliphatic carbocycles. The number of nitrogens with zero attached hydrogens (tertiary/aromatic N) is 1. The van der Waals surface area contributed by atoms with Gasteiger partial charge in [-0.3, -0.25) is 4.79 Å². The molecule has 6 nitrogen and oxygen atoms in total. The van der Waals surface area contributed by atoms with Crippen LogP contribution in [0.4, 0.5) is 4.79 Å². The van der Waals surface area contributed by atoms with Crippen LogP contribution in [0.1, 0.15) is 26.7 Å². The largest absolute Gasteiger partial charge is 0.481 e. The molecule has 1 aliphatic rings. The lowest BCUT2D eigenvalue weighted by molar-refractivity contribution is -0.142. The Bertz CT molecular complexity index is 391. The molecule has 1 aliphatic heterocycles. The van der Waals surface area contributed by atoms with E-state index in [0.717, 1.165) is 6.42 Å². The third-order valence-electron chi connectivity index (χ3n) is 3.29. The molecule has 2 N–H and O–H groups in total. The Hall–Kier alpha value is -1.74. The maximum Gasteiger partial charge on any atom is 0.317 e. The lowest BCUT2D eigenvalue weighted by atomic mass is 10.0. The number of hydrogen-bond donors (Lipinski definition) is 2. The Kier molecular flexibility index (Phi) is 6.32. The number of aliphatic carboxylic acids is 1. The molecule has 0 aromatic carbocycles. The summed E-state index contributed by atoms with van der Waals surface area (Å²) in [4.78, 5) is 25.0. The van der Waals surface area contributed by atoms with E-state index in [0.29, 0.717) is 13.0 Å². The third-order valence-corrected chi connectivity index (χ3v) is 3.29. The van der Waals surface area contributed by atoms with Gasteiger partial charge in [-0.1, -0.05) is 6.92 Å². The third kappa shape index (κ3) is 4.14. The van der Waals surface area contributed by atoms with Gasteiger partial charge in [-0.15, -0.1) is 12.3 Å². The van der Waals surface area contributed by atoms with Crippen LogP contribution in [-0.2, 0) is 9.53 Å². The quantitative estimate of drug-likeness (QED) is 0.710. The number of carboxylic acid groups (broad SMARTS) is 1. The molecule has 0 aromatic rings.